The first-order valence-corrected chi connectivity index (χ1v) is 10.6. The number of hydrogen-bond acceptors (Lipinski definition) is 3. The molecule has 0 atom stereocenters. The lowest BCUT2D eigenvalue weighted by Crippen LogP contribution is -2.26. The largest absolute Gasteiger partial charge is 0.497 e. The number of nitrogens with zero attached hydrogens (tertiary/aromatic N) is 1. The van der Waals surface area contributed by atoms with E-state index in [2.05, 4.69) is 5.32 Å². The number of halogens is 2. The Balaban J connectivity index is 1.94. The number of nitrogens with one attached hydrogen (secondary N) is 1. The second-order valence-electron chi connectivity index (χ2n) is 7.40. The van der Waals surface area contributed by atoms with Crippen LogP contribution in [0.25, 0.3) is 5.57 Å². The van der Waals surface area contributed by atoms with E-state index in [-0.39, 0.29) is 24.1 Å². The molecule has 0 aromatic heterocycles. The summed E-state index contributed by atoms with van der Waals surface area (Å²) in [7, 11) is 3.22. The summed E-state index contributed by atoms with van der Waals surface area (Å²) in [4.78, 5) is 27.4. The average molecular weight is 467 g/mol. The van der Waals surface area contributed by atoms with E-state index < -0.39 is 0 Å². The van der Waals surface area contributed by atoms with Crippen LogP contribution in [0.4, 0.5) is 10.1 Å². The quantitative estimate of drug-likeness (QED) is 0.463. The minimum Gasteiger partial charge on any atom is -0.497 e. The fraction of sp³-hybridized carbons (Fsp3) is 0.154. The van der Waals surface area contributed by atoms with E-state index in [1.165, 1.54) is 29.2 Å². The molecule has 1 N–H and O–H groups in total. The summed E-state index contributed by atoms with van der Waals surface area (Å²) in [6.07, 6.45) is -0.00534. The second-order valence-corrected chi connectivity index (χ2v) is 7.84. The first kappa shape index (κ1) is 24.0. The van der Waals surface area contributed by atoms with Gasteiger partial charge in [-0.15, -0.1) is 0 Å². The molecule has 0 heterocycles. The Kier molecular flexibility index (Phi) is 7.85. The summed E-state index contributed by atoms with van der Waals surface area (Å²) in [5.41, 5.74) is 2.96. The van der Waals surface area contributed by atoms with Crippen molar-refractivity contribution in [1.29, 1.82) is 0 Å². The number of rotatable bonds is 7. The van der Waals surface area contributed by atoms with Gasteiger partial charge in [0.05, 0.1) is 13.5 Å². The Morgan fingerprint density at radius 2 is 1.67 bits per heavy atom. The zero-order valence-corrected chi connectivity index (χ0v) is 19.3. The van der Waals surface area contributed by atoms with Crippen LogP contribution in [-0.2, 0) is 4.79 Å². The van der Waals surface area contributed by atoms with E-state index in [1.54, 1.807) is 51.4 Å². The zero-order chi connectivity index (χ0) is 24.0. The molecule has 2 amide bonds. The Labute approximate surface area is 197 Å². The second kappa shape index (κ2) is 10.8. The standard InChI is InChI=1S/C26H24ClFN2O3/c1-17(30(2)26(32)18-7-9-20(27)10-8-18)24(19-5-4-6-23(15-19)33-3)16-25(31)29-22-13-11-21(28)12-14-22/h4-15H,16H2,1-3H3,(H,29,31)/b24-17-. The molecule has 0 aliphatic heterocycles. The lowest BCUT2D eigenvalue weighted by atomic mass is 9.99. The maximum absolute atomic E-state index is 13.2. The van der Waals surface area contributed by atoms with E-state index in [9.17, 15) is 14.0 Å². The van der Waals surface area contributed by atoms with Gasteiger partial charge >= 0.3 is 0 Å². The molecule has 3 aromatic rings. The number of ether oxygens (including phenoxy) is 1. The van der Waals surface area contributed by atoms with Crippen molar-refractivity contribution in [3.8, 4) is 5.75 Å². The number of methoxy groups -OCH3 is 1. The molecule has 5 nitrogen and oxygen atoms in total. The number of carbonyl (C=O) groups excluding carboxylic acids is 2. The minimum absolute atomic E-state index is 0.00534. The molecule has 0 fully saturated rings. The van der Waals surface area contributed by atoms with Crippen LogP contribution in [-0.4, -0.2) is 30.9 Å². The van der Waals surface area contributed by atoms with Crippen molar-refractivity contribution in [3.05, 3.63) is 100 Å². The third kappa shape index (κ3) is 6.20. The highest BCUT2D eigenvalue weighted by atomic mass is 35.5. The minimum atomic E-state index is -0.386. The summed E-state index contributed by atoms with van der Waals surface area (Å²) >= 11 is 5.94. The maximum Gasteiger partial charge on any atom is 0.257 e. The molecule has 0 bridgehead atoms. The smallest absolute Gasteiger partial charge is 0.257 e. The Morgan fingerprint density at radius 3 is 2.30 bits per heavy atom. The van der Waals surface area contributed by atoms with E-state index in [1.807, 2.05) is 18.2 Å². The van der Waals surface area contributed by atoms with E-state index in [4.69, 9.17) is 16.3 Å². The van der Waals surface area contributed by atoms with Gasteiger partial charge < -0.3 is 15.0 Å². The number of hydrogen-bond donors (Lipinski definition) is 1. The number of amides is 2. The van der Waals surface area contributed by atoms with Crippen LogP contribution in [0.1, 0.15) is 29.3 Å². The average Bonchev–Trinajstić information content (AvgIpc) is 2.83. The van der Waals surface area contributed by atoms with Gasteiger partial charge in [0.2, 0.25) is 5.91 Å². The molecule has 7 heteroatoms. The Bertz CT molecular complexity index is 1170. The van der Waals surface area contributed by atoms with Gasteiger partial charge in [-0.05, 0) is 78.7 Å². The zero-order valence-electron chi connectivity index (χ0n) is 18.6. The van der Waals surface area contributed by atoms with E-state index in [0.717, 1.165) is 5.56 Å². The van der Waals surface area contributed by atoms with Gasteiger partial charge in [0.25, 0.3) is 5.91 Å². The molecule has 0 spiro atoms. The van der Waals surface area contributed by atoms with Crippen molar-refractivity contribution >= 4 is 34.7 Å². The van der Waals surface area contributed by atoms with Crippen LogP contribution in [0.15, 0.2) is 78.5 Å². The van der Waals surface area contributed by atoms with Gasteiger partial charge in [-0.1, -0.05) is 23.7 Å². The van der Waals surface area contributed by atoms with E-state index >= 15 is 0 Å². The Hall–Kier alpha value is -3.64. The summed E-state index contributed by atoms with van der Waals surface area (Å²) in [6.45, 7) is 1.79. The maximum atomic E-state index is 13.2. The van der Waals surface area contributed by atoms with Gasteiger partial charge in [0.15, 0.2) is 0 Å². The summed E-state index contributed by atoms with van der Waals surface area (Å²) in [6, 6.07) is 19.4. The molecule has 170 valence electrons. The molecule has 0 aliphatic rings. The van der Waals surface area contributed by atoms with Gasteiger partial charge in [-0.2, -0.15) is 0 Å². The van der Waals surface area contributed by atoms with Crippen molar-refractivity contribution in [2.75, 3.05) is 19.5 Å². The molecule has 0 saturated heterocycles. The fourth-order valence-corrected chi connectivity index (χ4v) is 3.42. The van der Waals surface area contributed by atoms with Gasteiger partial charge in [-0.3, -0.25) is 9.59 Å². The van der Waals surface area contributed by atoms with Crippen LogP contribution in [0.2, 0.25) is 5.02 Å². The first-order valence-electron chi connectivity index (χ1n) is 10.2. The van der Waals surface area contributed by atoms with Crippen molar-refractivity contribution in [2.45, 2.75) is 13.3 Å². The number of benzene rings is 3. The lowest BCUT2D eigenvalue weighted by molar-refractivity contribution is -0.115. The third-order valence-corrected chi connectivity index (χ3v) is 5.47. The highest BCUT2D eigenvalue weighted by Crippen LogP contribution is 2.28. The molecule has 0 aliphatic carbocycles. The van der Waals surface area contributed by atoms with Crippen molar-refractivity contribution in [1.82, 2.24) is 4.90 Å². The van der Waals surface area contributed by atoms with E-state index in [0.29, 0.717) is 33.3 Å². The highest BCUT2D eigenvalue weighted by Gasteiger charge is 2.19. The lowest BCUT2D eigenvalue weighted by Gasteiger charge is -2.23. The highest BCUT2D eigenvalue weighted by molar-refractivity contribution is 6.30. The molecule has 3 rings (SSSR count). The number of carbonyl (C=O) groups is 2. The predicted molar refractivity (Wildman–Crippen MR) is 129 cm³/mol. The molecule has 0 saturated carbocycles. The Morgan fingerprint density at radius 1 is 1.00 bits per heavy atom. The van der Waals surface area contributed by atoms with Crippen molar-refractivity contribution in [3.63, 3.8) is 0 Å². The van der Waals surface area contributed by atoms with Crippen molar-refractivity contribution in [2.24, 2.45) is 0 Å². The van der Waals surface area contributed by atoms with Gasteiger partial charge in [0, 0.05) is 29.0 Å². The normalized spacial score (nSPS) is 11.4. The van der Waals surface area contributed by atoms with Gasteiger partial charge in [-0.25, -0.2) is 4.39 Å². The summed E-state index contributed by atoms with van der Waals surface area (Å²) in [5.74, 6) is -0.291. The summed E-state index contributed by atoms with van der Waals surface area (Å²) in [5, 5.41) is 3.31. The number of allylic oxidation sites excluding steroid dienone is 1. The van der Waals surface area contributed by atoms with Crippen LogP contribution < -0.4 is 10.1 Å². The molecule has 3 aromatic carbocycles. The van der Waals surface area contributed by atoms with Gasteiger partial charge in [0.1, 0.15) is 11.6 Å². The number of anilines is 1. The fourth-order valence-electron chi connectivity index (χ4n) is 3.29. The monoisotopic (exact) mass is 466 g/mol. The van der Waals surface area contributed by atoms with Crippen LogP contribution in [0.5, 0.6) is 5.75 Å². The third-order valence-electron chi connectivity index (χ3n) is 5.22. The molecule has 0 radical (unpaired) electrons. The summed E-state index contributed by atoms with van der Waals surface area (Å²) < 4.78 is 18.5. The SMILES string of the molecule is COc1cccc(/C(CC(=O)Nc2ccc(F)cc2)=C(/C)N(C)C(=O)c2ccc(Cl)cc2)c1. The topological polar surface area (TPSA) is 58.6 Å². The first-order chi connectivity index (χ1) is 15.8. The van der Waals surface area contributed by atoms with Crippen LogP contribution >= 0.6 is 11.6 Å². The van der Waals surface area contributed by atoms with Crippen LogP contribution in [0, 0.1) is 5.82 Å². The molecular formula is C26H24ClFN2O3. The molecule has 0 unspecified atom stereocenters. The molecule has 33 heavy (non-hydrogen) atoms. The van der Waals surface area contributed by atoms with Crippen LogP contribution in [0.3, 0.4) is 0 Å². The molecular weight excluding hydrogens is 443 g/mol. The van der Waals surface area contributed by atoms with Crippen molar-refractivity contribution < 1.29 is 18.7 Å². The predicted octanol–water partition coefficient (Wildman–Crippen LogP) is 6.02.